The van der Waals surface area contributed by atoms with Crippen molar-refractivity contribution in [3.8, 4) is 0 Å². The van der Waals surface area contributed by atoms with E-state index in [0.717, 1.165) is 35.9 Å². The van der Waals surface area contributed by atoms with Gasteiger partial charge in [-0.1, -0.05) is 23.2 Å². The van der Waals surface area contributed by atoms with Gasteiger partial charge in [0, 0.05) is 60.6 Å². The van der Waals surface area contributed by atoms with Gasteiger partial charge < -0.3 is 14.9 Å². The van der Waals surface area contributed by atoms with E-state index in [2.05, 4.69) is 15.9 Å². The van der Waals surface area contributed by atoms with Crippen LogP contribution in [0.5, 0.6) is 0 Å². The molecule has 0 radical (unpaired) electrons. The van der Waals surface area contributed by atoms with Gasteiger partial charge >= 0.3 is 0 Å². The maximum atomic E-state index is 12.7. The van der Waals surface area contributed by atoms with Gasteiger partial charge in [-0.15, -0.1) is 0 Å². The minimum absolute atomic E-state index is 0.0338. The lowest BCUT2D eigenvalue weighted by atomic mass is 10.1. The highest BCUT2D eigenvalue weighted by atomic mass is 35.5. The number of aliphatic hydroxyl groups is 1. The van der Waals surface area contributed by atoms with Crippen molar-refractivity contribution in [1.29, 1.82) is 0 Å². The quantitative estimate of drug-likeness (QED) is 0.806. The summed E-state index contributed by atoms with van der Waals surface area (Å²) in [5, 5.41) is 12.1. The summed E-state index contributed by atoms with van der Waals surface area (Å²) in [6.45, 7) is 6.20. The molecule has 2 atom stereocenters. The first-order chi connectivity index (χ1) is 13.9. The zero-order chi connectivity index (χ0) is 20.5. The van der Waals surface area contributed by atoms with Gasteiger partial charge in [0.2, 0.25) is 0 Å². The molecule has 0 aromatic heterocycles. The van der Waals surface area contributed by atoms with Crippen LogP contribution in [0.1, 0.15) is 15.9 Å². The number of anilines is 1. The summed E-state index contributed by atoms with van der Waals surface area (Å²) in [7, 11) is 0. The number of aryl methyl sites for hydroxylation is 1. The van der Waals surface area contributed by atoms with Crippen molar-refractivity contribution in [2.75, 3.05) is 44.2 Å². The number of rotatable bonds is 3. The van der Waals surface area contributed by atoms with Crippen LogP contribution in [-0.4, -0.2) is 72.2 Å². The van der Waals surface area contributed by atoms with E-state index in [4.69, 9.17) is 23.2 Å². The van der Waals surface area contributed by atoms with Crippen molar-refractivity contribution in [2.45, 2.75) is 19.1 Å². The maximum absolute atomic E-state index is 12.7. The Labute approximate surface area is 181 Å². The van der Waals surface area contributed by atoms with Gasteiger partial charge in [0.1, 0.15) is 0 Å². The van der Waals surface area contributed by atoms with E-state index in [-0.39, 0.29) is 11.9 Å². The van der Waals surface area contributed by atoms with Gasteiger partial charge in [0.25, 0.3) is 5.91 Å². The molecular formula is C22H25Cl2N3O2. The lowest BCUT2D eigenvalue weighted by Gasteiger charge is -2.38. The number of halogens is 2. The van der Waals surface area contributed by atoms with Crippen LogP contribution < -0.4 is 4.90 Å². The van der Waals surface area contributed by atoms with E-state index < -0.39 is 6.10 Å². The number of nitrogens with zero attached hydrogens (tertiary/aromatic N) is 3. The summed E-state index contributed by atoms with van der Waals surface area (Å²) in [4.78, 5) is 19.1. The first kappa shape index (κ1) is 20.5. The standard InChI is InChI=1S/C22H25Cl2N3O2/c1-15-12-18(6-7-19(15)24)27-13-20(21(28)14-27)25-8-10-26(11-9-25)22(29)16-2-4-17(23)5-3-16/h2-7,12,20-21,28H,8-11,13-14H2,1H3/t20-,21-/m1/s1. The molecule has 4 rings (SSSR count). The smallest absolute Gasteiger partial charge is 0.253 e. The van der Waals surface area contributed by atoms with Gasteiger partial charge in [-0.2, -0.15) is 0 Å². The number of carbonyl (C=O) groups excluding carboxylic acids is 1. The van der Waals surface area contributed by atoms with Crippen LogP contribution in [0.4, 0.5) is 5.69 Å². The second-order valence-corrected chi connectivity index (χ2v) is 8.65. The highest BCUT2D eigenvalue weighted by Gasteiger charge is 2.37. The zero-order valence-electron chi connectivity index (χ0n) is 16.4. The first-order valence-electron chi connectivity index (χ1n) is 9.90. The lowest BCUT2D eigenvalue weighted by Crippen LogP contribution is -2.54. The Hall–Kier alpha value is -1.79. The molecule has 0 spiro atoms. The Morgan fingerprint density at radius 1 is 1.00 bits per heavy atom. The minimum atomic E-state index is -0.412. The molecule has 2 aromatic carbocycles. The lowest BCUT2D eigenvalue weighted by molar-refractivity contribution is 0.0376. The topological polar surface area (TPSA) is 47.0 Å². The summed E-state index contributed by atoms with van der Waals surface area (Å²) in [5.41, 5.74) is 2.79. The third-order valence-corrected chi connectivity index (χ3v) is 6.60. The second-order valence-electron chi connectivity index (χ2n) is 7.81. The van der Waals surface area contributed by atoms with Crippen LogP contribution >= 0.6 is 23.2 Å². The Morgan fingerprint density at radius 3 is 2.34 bits per heavy atom. The van der Waals surface area contributed by atoms with E-state index in [1.165, 1.54) is 0 Å². The molecule has 0 saturated carbocycles. The predicted molar refractivity (Wildman–Crippen MR) is 117 cm³/mol. The Morgan fingerprint density at radius 2 is 1.69 bits per heavy atom. The number of hydrogen-bond acceptors (Lipinski definition) is 4. The largest absolute Gasteiger partial charge is 0.390 e. The molecule has 0 unspecified atom stereocenters. The molecule has 1 amide bonds. The minimum Gasteiger partial charge on any atom is -0.390 e. The number of piperazine rings is 1. The van der Waals surface area contributed by atoms with Crippen molar-refractivity contribution in [3.63, 3.8) is 0 Å². The van der Waals surface area contributed by atoms with Crippen molar-refractivity contribution in [2.24, 2.45) is 0 Å². The highest BCUT2D eigenvalue weighted by molar-refractivity contribution is 6.31. The molecule has 0 aliphatic carbocycles. The molecule has 154 valence electrons. The molecule has 29 heavy (non-hydrogen) atoms. The molecule has 2 aliphatic heterocycles. The molecule has 2 heterocycles. The summed E-state index contributed by atoms with van der Waals surface area (Å²) in [5.74, 6) is 0.0338. The molecule has 7 heteroatoms. The number of aliphatic hydroxyl groups excluding tert-OH is 1. The van der Waals surface area contributed by atoms with E-state index in [9.17, 15) is 9.90 Å². The van der Waals surface area contributed by atoms with Crippen LogP contribution in [0.3, 0.4) is 0 Å². The molecule has 2 aromatic rings. The van der Waals surface area contributed by atoms with E-state index in [1.807, 2.05) is 24.0 Å². The normalized spacial score (nSPS) is 22.9. The fourth-order valence-electron chi connectivity index (χ4n) is 4.20. The third kappa shape index (κ3) is 4.38. The maximum Gasteiger partial charge on any atom is 0.253 e. The van der Waals surface area contributed by atoms with E-state index in [1.54, 1.807) is 24.3 Å². The zero-order valence-corrected chi connectivity index (χ0v) is 17.9. The van der Waals surface area contributed by atoms with Gasteiger partial charge in [-0.3, -0.25) is 9.69 Å². The average molecular weight is 434 g/mol. The van der Waals surface area contributed by atoms with Gasteiger partial charge in [-0.25, -0.2) is 0 Å². The predicted octanol–water partition coefficient (Wildman–Crippen LogP) is 3.31. The van der Waals surface area contributed by atoms with E-state index >= 15 is 0 Å². The average Bonchev–Trinajstić information content (AvgIpc) is 3.12. The van der Waals surface area contributed by atoms with Gasteiger partial charge in [0.15, 0.2) is 0 Å². The number of hydrogen-bond donors (Lipinski definition) is 1. The molecule has 2 aliphatic rings. The van der Waals surface area contributed by atoms with Crippen LogP contribution in [-0.2, 0) is 0 Å². The van der Waals surface area contributed by atoms with Crippen LogP contribution in [0.25, 0.3) is 0 Å². The molecule has 2 fully saturated rings. The first-order valence-corrected chi connectivity index (χ1v) is 10.7. The number of β-amino-alcohol motifs (C(OH)–C–C–N with tert-alkyl or cyclic N) is 1. The highest BCUT2D eigenvalue weighted by Crippen LogP contribution is 2.28. The fourth-order valence-corrected chi connectivity index (χ4v) is 4.44. The van der Waals surface area contributed by atoms with Crippen molar-refractivity contribution >= 4 is 34.8 Å². The molecule has 5 nitrogen and oxygen atoms in total. The Kier molecular flexibility index (Phi) is 6.02. The molecular weight excluding hydrogens is 409 g/mol. The molecule has 1 N–H and O–H groups in total. The molecule has 2 saturated heterocycles. The van der Waals surface area contributed by atoms with Crippen LogP contribution in [0.2, 0.25) is 10.0 Å². The van der Waals surface area contributed by atoms with Crippen LogP contribution in [0.15, 0.2) is 42.5 Å². The number of benzene rings is 2. The molecule has 0 bridgehead atoms. The summed E-state index contributed by atoms with van der Waals surface area (Å²) >= 11 is 12.1. The SMILES string of the molecule is Cc1cc(N2C[C@@H](O)[C@H](N3CCN(C(=O)c4ccc(Cl)cc4)CC3)C2)ccc1Cl. The summed E-state index contributed by atoms with van der Waals surface area (Å²) in [6.07, 6.45) is -0.412. The van der Waals surface area contributed by atoms with Gasteiger partial charge in [0.05, 0.1) is 12.1 Å². The van der Waals surface area contributed by atoms with Gasteiger partial charge in [-0.05, 0) is 55.0 Å². The van der Waals surface area contributed by atoms with Crippen molar-refractivity contribution in [3.05, 3.63) is 63.6 Å². The number of amides is 1. The second kappa shape index (κ2) is 8.52. The summed E-state index contributed by atoms with van der Waals surface area (Å²) in [6, 6.07) is 13.1. The van der Waals surface area contributed by atoms with Crippen molar-refractivity contribution < 1.29 is 9.90 Å². The third-order valence-electron chi connectivity index (χ3n) is 5.93. The fraction of sp³-hybridized carbons (Fsp3) is 0.409. The van der Waals surface area contributed by atoms with Crippen molar-refractivity contribution in [1.82, 2.24) is 9.80 Å². The Balaban J connectivity index is 1.36. The Bertz CT molecular complexity index is 882. The van der Waals surface area contributed by atoms with Crippen LogP contribution in [0, 0.1) is 6.92 Å². The van der Waals surface area contributed by atoms with E-state index in [0.29, 0.717) is 30.2 Å². The summed E-state index contributed by atoms with van der Waals surface area (Å²) < 4.78 is 0. The number of carbonyl (C=O) groups is 1. The monoisotopic (exact) mass is 433 g/mol.